The first-order valence-corrected chi connectivity index (χ1v) is 4.36. The molecule has 0 saturated heterocycles. The van der Waals surface area contributed by atoms with Gasteiger partial charge in [-0.2, -0.15) is 0 Å². The summed E-state index contributed by atoms with van der Waals surface area (Å²) in [7, 11) is 1.79. The second-order valence-electron chi connectivity index (χ2n) is 3.68. The highest BCUT2D eigenvalue weighted by atomic mass is 16.5. The lowest BCUT2D eigenvalue weighted by Gasteiger charge is -2.07. The van der Waals surface area contributed by atoms with Crippen molar-refractivity contribution in [2.45, 2.75) is 24.9 Å². The van der Waals surface area contributed by atoms with Gasteiger partial charge < -0.3 is 4.74 Å². The molecule has 1 aliphatic rings. The van der Waals surface area contributed by atoms with E-state index in [0.29, 0.717) is 5.92 Å². The molecule has 1 heteroatoms. The normalized spacial score (nSPS) is 33.3. The third-order valence-electron chi connectivity index (χ3n) is 2.85. The van der Waals surface area contributed by atoms with Crippen LogP contribution in [0.4, 0.5) is 0 Å². The molecule has 1 saturated carbocycles. The van der Waals surface area contributed by atoms with E-state index < -0.39 is 0 Å². The van der Waals surface area contributed by atoms with Crippen molar-refractivity contribution in [3.63, 3.8) is 0 Å². The predicted octanol–water partition coefficient (Wildman–Crippen LogP) is 2.58. The molecule has 12 heavy (non-hydrogen) atoms. The second kappa shape index (κ2) is 2.60. The highest BCUT2D eigenvalue weighted by Gasteiger charge is 2.51. The lowest BCUT2D eigenvalue weighted by atomic mass is 10.1. The molecule has 64 valence electrons. The summed E-state index contributed by atoms with van der Waals surface area (Å²) in [5, 5.41) is 0. The van der Waals surface area contributed by atoms with Gasteiger partial charge in [0, 0.05) is 13.0 Å². The van der Waals surface area contributed by atoms with Crippen molar-refractivity contribution < 1.29 is 4.74 Å². The van der Waals surface area contributed by atoms with Crippen molar-refractivity contribution in [3.8, 4) is 0 Å². The van der Waals surface area contributed by atoms with Crippen LogP contribution in [0.5, 0.6) is 0 Å². The third-order valence-corrected chi connectivity index (χ3v) is 2.85. The number of methoxy groups -OCH3 is 1. The van der Waals surface area contributed by atoms with E-state index in [2.05, 4.69) is 37.3 Å². The first-order chi connectivity index (χ1) is 5.76. The van der Waals surface area contributed by atoms with Crippen molar-refractivity contribution in [1.29, 1.82) is 0 Å². The van der Waals surface area contributed by atoms with Crippen LogP contribution in [-0.4, -0.2) is 12.7 Å². The van der Waals surface area contributed by atoms with Crippen molar-refractivity contribution >= 4 is 0 Å². The minimum absolute atomic E-state index is 0.112. The van der Waals surface area contributed by atoms with Crippen LogP contribution in [0.15, 0.2) is 30.3 Å². The molecule has 1 fully saturated rings. The number of benzene rings is 1. The summed E-state index contributed by atoms with van der Waals surface area (Å²) < 4.78 is 5.42. The van der Waals surface area contributed by atoms with E-state index in [9.17, 15) is 0 Å². The summed E-state index contributed by atoms with van der Waals surface area (Å²) in [5.41, 5.74) is 1.52. The SMILES string of the molecule is COC1(C)CC1c1ccccc1. The Hall–Kier alpha value is -0.820. The molecular formula is C11H14O. The monoisotopic (exact) mass is 162 g/mol. The summed E-state index contributed by atoms with van der Waals surface area (Å²) >= 11 is 0. The smallest absolute Gasteiger partial charge is 0.0726 e. The molecule has 0 radical (unpaired) electrons. The van der Waals surface area contributed by atoms with Gasteiger partial charge in [-0.15, -0.1) is 0 Å². The largest absolute Gasteiger partial charge is 0.378 e. The summed E-state index contributed by atoms with van der Waals surface area (Å²) in [4.78, 5) is 0. The number of hydrogen-bond donors (Lipinski definition) is 0. The number of rotatable bonds is 2. The fourth-order valence-electron chi connectivity index (χ4n) is 1.73. The van der Waals surface area contributed by atoms with Gasteiger partial charge in [0.1, 0.15) is 0 Å². The summed E-state index contributed by atoms with van der Waals surface area (Å²) in [5.74, 6) is 0.615. The number of ether oxygens (including phenoxy) is 1. The van der Waals surface area contributed by atoms with Gasteiger partial charge in [-0.3, -0.25) is 0 Å². The molecule has 2 rings (SSSR count). The van der Waals surface area contributed by atoms with Gasteiger partial charge in [-0.1, -0.05) is 30.3 Å². The molecule has 0 aromatic heterocycles. The van der Waals surface area contributed by atoms with Gasteiger partial charge in [0.25, 0.3) is 0 Å². The van der Waals surface area contributed by atoms with Gasteiger partial charge in [0.05, 0.1) is 5.60 Å². The number of hydrogen-bond acceptors (Lipinski definition) is 1. The second-order valence-corrected chi connectivity index (χ2v) is 3.68. The Morgan fingerprint density at radius 2 is 2.00 bits per heavy atom. The lowest BCUT2D eigenvalue weighted by molar-refractivity contribution is 0.0911. The molecule has 0 amide bonds. The Balaban J connectivity index is 2.16. The molecule has 0 bridgehead atoms. The molecule has 0 N–H and O–H groups in total. The van der Waals surface area contributed by atoms with Crippen LogP contribution in [-0.2, 0) is 4.74 Å². The van der Waals surface area contributed by atoms with Gasteiger partial charge in [0.2, 0.25) is 0 Å². The average Bonchev–Trinajstić information content (AvgIpc) is 2.81. The maximum atomic E-state index is 5.42. The third kappa shape index (κ3) is 1.14. The first kappa shape index (κ1) is 7.81. The highest BCUT2D eigenvalue weighted by molar-refractivity contribution is 5.30. The van der Waals surface area contributed by atoms with Crippen molar-refractivity contribution in [2.75, 3.05) is 7.11 Å². The Bertz CT molecular complexity index is 268. The average molecular weight is 162 g/mol. The van der Waals surface area contributed by atoms with E-state index in [4.69, 9.17) is 4.74 Å². The minimum atomic E-state index is 0.112. The topological polar surface area (TPSA) is 9.23 Å². The fourth-order valence-corrected chi connectivity index (χ4v) is 1.73. The highest BCUT2D eigenvalue weighted by Crippen LogP contribution is 2.53. The van der Waals surface area contributed by atoms with Crippen LogP contribution < -0.4 is 0 Å². The fraction of sp³-hybridized carbons (Fsp3) is 0.455. The maximum Gasteiger partial charge on any atom is 0.0726 e. The Labute approximate surface area is 73.4 Å². The van der Waals surface area contributed by atoms with E-state index in [1.165, 1.54) is 5.56 Å². The van der Waals surface area contributed by atoms with Gasteiger partial charge >= 0.3 is 0 Å². The zero-order valence-electron chi connectivity index (χ0n) is 7.58. The maximum absolute atomic E-state index is 5.42. The van der Waals surface area contributed by atoms with E-state index >= 15 is 0 Å². The zero-order valence-corrected chi connectivity index (χ0v) is 7.58. The van der Waals surface area contributed by atoms with Crippen molar-refractivity contribution in [3.05, 3.63) is 35.9 Å². The molecular weight excluding hydrogens is 148 g/mol. The van der Waals surface area contributed by atoms with E-state index in [1.807, 2.05) is 0 Å². The van der Waals surface area contributed by atoms with Crippen LogP contribution in [0.2, 0.25) is 0 Å². The zero-order chi connectivity index (χ0) is 8.60. The Kier molecular flexibility index (Phi) is 1.69. The van der Waals surface area contributed by atoms with Crippen LogP contribution in [0, 0.1) is 0 Å². The van der Waals surface area contributed by atoms with Gasteiger partial charge in [-0.05, 0) is 18.9 Å². The van der Waals surface area contributed by atoms with Crippen molar-refractivity contribution in [1.82, 2.24) is 0 Å². The van der Waals surface area contributed by atoms with Gasteiger partial charge in [0.15, 0.2) is 0 Å². The van der Waals surface area contributed by atoms with Crippen LogP contribution in [0.1, 0.15) is 24.8 Å². The molecule has 2 atom stereocenters. The first-order valence-electron chi connectivity index (χ1n) is 4.36. The quantitative estimate of drug-likeness (QED) is 0.649. The van der Waals surface area contributed by atoms with E-state index in [-0.39, 0.29) is 5.60 Å². The lowest BCUT2D eigenvalue weighted by Crippen LogP contribution is -2.07. The molecule has 1 aromatic carbocycles. The Morgan fingerprint density at radius 1 is 1.33 bits per heavy atom. The summed E-state index contributed by atoms with van der Waals surface area (Å²) in [6, 6.07) is 10.6. The Morgan fingerprint density at radius 3 is 2.50 bits per heavy atom. The van der Waals surface area contributed by atoms with Crippen LogP contribution >= 0.6 is 0 Å². The van der Waals surface area contributed by atoms with Crippen LogP contribution in [0.25, 0.3) is 0 Å². The molecule has 0 aliphatic heterocycles. The standard InChI is InChI=1S/C11H14O/c1-11(12-2)8-10(11)9-6-4-3-5-7-9/h3-7,10H,8H2,1-2H3. The molecule has 1 nitrogen and oxygen atoms in total. The molecule has 0 heterocycles. The van der Waals surface area contributed by atoms with Crippen LogP contribution in [0.3, 0.4) is 0 Å². The minimum Gasteiger partial charge on any atom is -0.378 e. The van der Waals surface area contributed by atoms with Crippen molar-refractivity contribution in [2.24, 2.45) is 0 Å². The molecule has 0 spiro atoms. The summed E-state index contributed by atoms with van der Waals surface area (Å²) in [6.07, 6.45) is 1.16. The summed E-state index contributed by atoms with van der Waals surface area (Å²) in [6.45, 7) is 2.17. The molecule has 1 aliphatic carbocycles. The molecule has 2 unspecified atom stereocenters. The molecule has 1 aromatic rings. The predicted molar refractivity (Wildman–Crippen MR) is 49.2 cm³/mol. The van der Waals surface area contributed by atoms with Gasteiger partial charge in [-0.25, -0.2) is 0 Å². The van der Waals surface area contributed by atoms with E-state index in [0.717, 1.165) is 6.42 Å². The van der Waals surface area contributed by atoms with E-state index in [1.54, 1.807) is 7.11 Å².